The highest BCUT2D eigenvalue weighted by atomic mass is 79.9. The van der Waals surface area contributed by atoms with Crippen molar-refractivity contribution >= 4 is 38.4 Å². The van der Waals surface area contributed by atoms with E-state index in [1.54, 1.807) is 6.20 Å². The molecule has 0 spiro atoms. The van der Waals surface area contributed by atoms with Crippen molar-refractivity contribution in [2.45, 2.75) is 19.4 Å². The first-order valence-electron chi connectivity index (χ1n) is 8.79. The van der Waals surface area contributed by atoms with Gasteiger partial charge in [-0.3, -0.25) is 0 Å². The quantitative estimate of drug-likeness (QED) is 0.702. The number of rotatable bonds is 2. The summed E-state index contributed by atoms with van der Waals surface area (Å²) in [5, 5.41) is 9.20. The van der Waals surface area contributed by atoms with E-state index in [4.69, 9.17) is 10.1 Å². The summed E-state index contributed by atoms with van der Waals surface area (Å²) in [4.78, 5) is 11.7. The fraction of sp³-hybridized carbons (Fsp3) is 0.316. The van der Waals surface area contributed by atoms with Crippen LogP contribution < -0.4 is 10.2 Å². The molecule has 0 radical (unpaired) electrons. The van der Waals surface area contributed by atoms with Crippen LogP contribution in [0.5, 0.6) is 0 Å². The number of hydrogen-bond acceptors (Lipinski definition) is 5. The molecule has 5 rings (SSSR count). The number of pyridine rings is 1. The number of allylic oxidation sites excluding steroid dienone is 3. The Morgan fingerprint density at radius 2 is 2.19 bits per heavy atom. The highest BCUT2D eigenvalue weighted by molar-refractivity contribution is 9.10. The van der Waals surface area contributed by atoms with Crippen LogP contribution in [0.1, 0.15) is 12.1 Å². The summed E-state index contributed by atoms with van der Waals surface area (Å²) < 4.78 is 2.90. The summed E-state index contributed by atoms with van der Waals surface area (Å²) in [6, 6.07) is 4.55. The van der Waals surface area contributed by atoms with Crippen LogP contribution in [0.25, 0.3) is 16.6 Å². The zero-order chi connectivity index (χ0) is 17.8. The molecule has 1 saturated heterocycles. The molecule has 2 atom stereocenters. The molecule has 1 aliphatic heterocycles. The third kappa shape index (κ3) is 2.30. The molecule has 2 unspecified atom stereocenters. The molecule has 1 aliphatic carbocycles. The van der Waals surface area contributed by atoms with Gasteiger partial charge in [-0.05, 0) is 54.5 Å². The number of likely N-dealkylation sites (N-methyl/N-ethyl adjacent to an activating group) is 1. The van der Waals surface area contributed by atoms with E-state index in [2.05, 4.69) is 61.5 Å². The number of aryl methyl sites for hydroxylation is 1. The first kappa shape index (κ1) is 16.0. The Kier molecular flexibility index (Phi) is 3.62. The minimum atomic E-state index is 0.397. The van der Waals surface area contributed by atoms with E-state index < -0.39 is 0 Å². The first-order valence-corrected chi connectivity index (χ1v) is 9.58. The molecule has 3 aromatic rings. The van der Waals surface area contributed by atoms with E-state index in [9.17, 15) is 0 Å². The summed E-state index contributed by atoms with van der Waals surface area (Å²) in [6.07, 6.45) is 9.43. The van der Waals surface area contributed by atoms with Crippen molar-refractivity contribution < 1.29 is 0 Å². The average molecular weight is 411 g/mol. The fourth-order valence-corrected chi connectivity index (χ4v) is 4.42. The Bertz CT molecular complexity index is 1080. The molecule has 2 aliphatic rings. The smallest absolute Gasteiger partial charge is 0.233 e. The summed E-state index contributed by atoms with van der Waals surface area (Å²) in [5.74, 6) is 1.30. The number of hydrogen-bond donors (Lipinski definition) is 1. The molecule has 132 valence electrons. The Hall–Kier alpha value is -2.25. The van der Waals surface area contributed by atoms with Crippen molar-refractivity contribution in [3.8, 4) is 0 Å². The molecule has 4 heterocycles. The maximum atomic E-state index is 4.90. The molecule has 0 saturated carbocycles. The van der Waals surface area contributed by atoms with Crippen LogP contribution in [0, 0.1) is 12.8 Å². The third-order valence-corrected chi connectivity index (χ3v) is 5.73. The van der Waals surface area contributed by atoms with Crippen molar-refractivity contribution in [1.29, 1.82) is 0 Å². The SMILES string of the molecule is CNC1CN(c2nc3ncc(Br)cc3c3cc(C)nn23)C2=CC=CCC21. The van der Waals surface area contributed by atoms with Gasteiger partial charge in [0.1, 0.15) is 0 Å². The summed E-state index contributed by atoms with van der Waals surface area (Å²) >= 11 is 3.52. The molecule has 0 bridgehead atoms. The van der Waals surface area contributed by atoms with Gasteiger partial charge in [-0.2, -0.15) is 14.6 Å². The van der Waals surface area contributed by atoms with Gasteiger partial charge in [0.05, 0.1) is 11.2 Å². The van der Waals surface area contributed by atoms with E-state index in [0.717, 1.165) is 45.6 Å². The van der Waals surface area contributed by atoms with Crippen LogP contribution in [0.3, 0.4) is 0 Å². The lowest BCUT2D eigenvalue weighted by Crippen LogP contribution is -2.33. The van der Waals surface area contributed by atoms with Crippen LogP contribution >= 0.6 is 15.9 Å². The maximum Gasteiger partial charge on any atom is 0.233 e. The largest absolute Gasteiger partial charge is 0.315 e. The van der Waals surface area contributed by atoms with E-state index in [0.29, 0.717) is 12.0 Å². The van der Waals surface area contributed by atoms with Crippen molar-refractivity contribution in [1.82, 2.24) is 24.9 Å². The van der Waals surface area contributed by atoms with E-state index in [1.165, 1.54) is 5.70 Å². The second-order valence-electron chi connectivity index (χ2n) is 6.89. The van der Waals surface area contributed by atoms with Crippen molar-refractivity contribution in [3.05, 3.63) is 52.4 Å². The van der Waals surface area contributed by atoms with E-state index in [1.807, 2.05) is 18.5 Å². The van der Waals surface area contributed by atoms with Crippen LogP contribution in [0.2, 0.25) is 0 Å². The second kappa shape index (κ2) is 5.89. The maximum absolute atomic E-state index is 4.90. The molecular weight excluding hydrogens is 392 g/mol. The minimum absolute atomic E-state index is 0.397. The molecule has 26 heavy (non-hydrogen) atoms. The highest BCUT2D eigenvalue weighted by Crippen LogP contribution is 2.37. The predicted molar refractivity (Wildman–Crippen MR) is 106 cm³/mol. The number of halogens is 1. The first-order chi connectivity index (χ1) is 12.7. The molecule has 1 N–H and O–H groups in total. The van der Waals surface area contributed by atoms with Gasteiger partial charge in [-0.25, -0.2) is 4.98 Å². The van der Waals surface area contributed by atoms with Crippen LogP contribution in [-0.4, -0.2) is 39.2 Å². The Balaban J connectivity index is 1.77. The zero-order valence-electron chi connectivity index (χ0n) is 14.6. The van der Waals surface area contributed by atoms with Crippen molar-refractivity contribution in [2.24, 2.45) is 5.92 Å². The molecule has 0 amide bonds. The molecular formula is C19H19BrN6. The molecule has 1 fully saturated rings. The number of nitrogens with one attached hydrogen (secondary N) is 1. The number of anilines is 1. The highest BCUT2D eigenvalue weighted by Gasteiger charge is 2.38. The van der Waals surface area contributed by atoms with Gasteiger partial charge in [0.2, 0.25) is 5.95 Å². The van der Waals surface area contributed by atoms with E-state index >= 15 is 0 Å². The Morgan fingerprint density at radius 3 is 3.04 bits per heavy atom. The van der Waals surface area contributed by atoms with Gasteiger partial charge in [0.25, 0.3) is 0 Å². The standard InChI is InChI=1S/C19H19BrN6/c1-11-7-17-14-8-12(20)9-22-18(14)23-19(26(17)24-11)25-10-15(21-2)13-5-3-4-6-16(13)25/h3-4,6-9,13,15,21H,5,10H2,1-2H3. The van der Waals surface area contributed by atoms with Crippen LogP contribution in [0.4, 0.5) is 5.95 Å². The summed E-state index contributed by atoms with van der Waals surface area (Å²) in [7, 11) is 2.03. The summed E-state index contributed by atoms with van der Waals surface area (Å²) in [5.41, 5.74) is 4.05. The van der Waals surface area contributed by atoms with Crippen molar-refractivity contribution in [2.75, 3.05) is 18.5 Å². The predicted octanol–water partition coefficient (Wildman–Crippen LogP) is 3.22. The monoisotopic (exact) mass is 410 g/mol. The van der Waals surface area contributed by atoms with Gasteiger partial charge < -0.3 is 10.2 Å². The zero-order valence-corrected chi connectivity index (χ0v) is 16.2. The van der Waals surface area contributed by atoms with Gasteiger partial charge in [0.15, 0.2) is 5.65 Å². The van der Waals surface area contributed by atoms with Crippen LogP contribution in [0.15, 0.2) is 46.7 Å². The van der Waals surface area contributed by atoms with E-state index in [-0.39, 0.29) is 0 Å². The lowest BCUT2D eigenvalue weighted by Gasteiger charge is -2.23. The van der Waals surface area contributed by atoms with Crippen LogP contribution in [-0.2, 0) is 0 Å². The minimum Gasteiger partial charge on any atom is -0.315 e. The van der Waals surface area contributed by atoms with Gasteiger partial charge in [-0.1, -0.05) is 12.2 Å². The normalized spacial score (nSPS) is 22.3. The fourth-order valence-electron chi connectivity index (χ4n) is 4.09. The topological polar surface area (TPSA) is 58.3 Å². The Morgan fingerprint density at radius 1 is 1.31 bits per heavy atom. The van der Waals surface area contributed by atoms with Gasteiger partial charge in [0, 0.05) is 40.3 Å². The molecule has 6 nitrogen and oxygen atoms in total. The lowest BCUT2D eigenvalue weighted by atomic mass is 9.93. The third-order valence-electron chi connectivity index (χ3n) is 5.30. The average Bonchev–Trinajstić information content (AvgIpc) is 3.22. The van der Waals surface area contributed by atoms with Gasteiger partial charge >= 0.3 is 0 Å². The van der Waals surface area contributed by atoms with Gasteiger partial charge in [-0.15, -0.1) is 0 Å². The molecule has 3 aromatic heterocycles. The molecule has 7 heteroatoms. The number of fused-ring (bicyclic) bond motifs is 4. The van der Waals surface area contributed by atoms with Crippen molar-refractivity contribution in [3.63, 3.8) is 0 Å². The second-order valence-corrected chi connectivity index (χ2v) is 7.80. The Labute approximate surface area is 159 Å². The summed E-state index contributed by atoms with van der Waals surface area (Å²) in [6.45, 7) is 2.89. The molecule has 0 aromatic carbocycles. The lowest BCUT2D eigenvalue weighted by molar-refractivity contribution is 0.481. The number of nitrogens with zero attached hydrogens (tertiary/aromatic N) is 5. The number of aromatic nitrogens is 4.